The number of likely N-dealkylation sites (N-methyl/N-ethyl adjacent to an activating group) is 1. The van der Waals surface area contributed by atoms with Gasteiger partial charge in [-0.25, -0.2) is 0 Å². The lowest BCUT2D eigenvalue weighted by Gasteiger charge is -2.39. The van der Waals surface area contributed by atoms with Crippen LogP contribution in [-0.2, 0) is 0 Å². The van der Waals surface area contributed by atoms with E-state index in [-0.39, 0.29) is 11.9 Å². The van der Waals surface area contributed by atoms with Crippen LogP contribution in [0, 0.1) is 0 Å². The fourth-order valence-electron chi connectivity index (χ4n) is 3.27. The number of hydrogen-bond acceptors (Lipinski definition) is 3. The fraction of sp³-hybridized carbons (Fsp3) is 0.611. The largest absolute Gasteiger partial charge is 0.489 e. The summed E-state index contributed by atoms with van der Waals surface area (Å²) in [6.07, 6.45) is 5.15. The Morgan fingerprint density at radius 2 is 1.76 bits per heavy atom. The van der Waals surface area contributed by atoms with E-state index >= 15 is 0 Å². The molecule has 3 nitrogen and oxygen atoms in total. The zero-order chi connectivity index (χ0) is 15.2. The Bertz CT molecular complexity index is 451. The van der Waals surface area contributed by atoms with Gasteiger partial charge in [-0.1, -0.05) is 20.3 Å². The second-order valence-electron chi connectivity index (χ2n) is 5.81. The highest BCUT2D eigenvalue weighted by Crippen LogP contribution is 2.27. The number of Topliss-reactive ketones (excluding diaryl/α,β-unsaturated/α-hetero) is 1. The zero-order valence-corrected chi connectivity index (χ0v) is 13.5. The number of carbonyl (C=O) groups excluding carboxylic acids is 1. The number of hydrogen-bond donors (Lipinski definition) is 0. The summed E-state index contributed by atoms with van der Waals surface area (Å²) < 4.78 is 6.23. The van der Waals surface area contributed by atoms with Gasteiger partial charge in [0.25, 0.3) is 0 Å². The second kappa shape index (κ2) is 7.60. The van der Waals surface area contributed by atoms with Crippen molar-refractivity contribution in [3.63, 3.8) is 0 Å². The molecule has 0 heterocycles. The minimum absolute atomic E-state index is 0.0974. The van der Waals surface area contributed by atoms with E-state index in [9.17, 15) is 4.79 Å². The molecule has 1 aromatic carbocycles. The average molecular weight is 289 g/mol. The molecule has 2 unspecified atom stereocenters. The highest BCUT2D eigenvalue weighted by Gasteiger charge is 2.30. The van der Waals surface area contributed by atoms with Crippen LogP contribution >= 0.6 is 0 Å². The Labute approximate surface area is 128 Å². The summed E-state index contributed by atoms with van der Waals surface area (Å²) in [5.74, 6) is 0.976. The van der Waals surface area contributed by atoms with E-state index in [1.54, 1.807) is 6.92 Å². The van der Waals surface area contributed by atoms with Gasteiger partial charge in [-0.15, -0.1) is 0 Å². The topological polar surface area (TPSA) is 29.5 Å². The molecule has 1 aromatic rings. The molecular formula is C18H27NO2. The van der Waals surface area contributed by atoms with Crippen LogP contribution in [-0.4, -0.2) is 35.9 Å². The van der Waals surface area contributed by atoms with Gasteiger partial charge < -0.3 is 4.74 Å². The average Bonchev–Trinajstić information content (AvgIpc) is 2.50. The SMILES string of the molecule is CCN(CC)C1CCCCC1Oc1ccc(C(C)=O)cc1. The fourth-order valence-corrected chi connectivity index (χ4v) is 3.27. The van der Waals surface area contributed by atoms with E-state index in [0.29, 0.717) is 6.04 Å². The molecule has 3 heteroatoms. The summed E-state index contributed by atoms with van der Waals surface area (Å²) in [6.45, 7) is 8.18. The van der Waals surface area contributed by atoms with Gasteiger partial charge >= 0.3 is 0 Å². The van der Waals surface area contributed by atoms with Gasteiger partial charge in [-0.3, -0.25) is 9.69 Å². The lowest BCUT2D eigenvalue weighted by Crippen LogP contribution is -2.47. The number of nitrogens with zero attached hydrogens (tertiary/aromatic N) is 1. The molecule has 1 aliphatic rings. The molecule has 21 heavy (non-hydrogen) atoms. The standard InChI is InChI=1S/C18H27NO2/c1-4-19(5-2)17-8-6-7-9-18(17)21-16-12-10-15(11-13-16)14(3)20/h10-13,17-18H,4-9H2,1-3H3. The lowest BCUT2D eigenvalue weighted by atomic mass is 9.91. The van der Waals surface area contributed by atoms with Gasteiger partial charge in [-0.2, -0.15) is 0 Å². The molecule has 1 aliphatic carbocycles. The minimum Gasteiger partial charge on any atom is -0.489 e. The Balaban J connectivity index is 2.06. The van der Waals surface area contributed by atoms with Gasteiger partial charge in [0.1, 0.15) is 11.9 Å². The van der Waals surface area contributed by atoms with Gasteiger partial charge in [0.2, 0.25) is 0 Å². The molecule has 2 atom stereocenters. The third-order valence-corrected chi connectivity index (χ3v) is 4.50. The maximum Gasteiger partial charge on any atom is 0.159 e. The molecule has 1 fully saturated rings. The van der Waals surface area contributed by atoms with E-state index in [1.165, 1.54) is 19.3 Å². The molecule has 0 N–H and O–H groups in total. The summed E-state index contributed by atoms with van der Waals surface area (Å²) in [5.41, 5.74) is 0.742. The predicted octanol–water partition coefficient (Wildman–Crippen LogP) is 3.92. The first-order chi connectivity index (χ1) is 10.2. The monoisotopic (exact) mass is 289 g/mol. The van der Waals surface area contributed by atoms with Crippen molar-refractivity contribution >= 4 is 5.78 Å². The Kier molecular flexibility index (Phi) is 5.80. The van der Waals surface area contributed by atoms with Crippen LogP contribution in [0.5, 0.6) is 5.75 Å². The summed E-state index contributed by atoms with van der Waals surface area (Å²) in [5, 5.41) is 0. The highest BCUT2D eigenvalue weighted by molar-refractivity contribution is 5.94. The van der Waals surface area contributed by atoms with Gasteiger partial charge in [0.15, 0.2) is 5.78 Å². The van der Waals surface area contributed by atoms with E-state index in [4.69, 9.17) is 4.74 Å². The molecule has 0 aromatic heterocycles. The van der Waals surface area contributed by atoms with Gasteiger partial charge in [-0.05, 0) is 63.5 Å². The summed E-state index contributed by atoms with van der Waals surface area (Å²) in [7, 11) is 0. The van der Waals surface area contributed by atoms with Crippen molar-refractivity contribution in [3.8, 4) is 5.75 Å². The van der Waals surface area contributed by atoms with Crippen molar-refractivity contribution in [2.75, 3.05) is 13.1 Å². The van der Waals surface area contributed by atoms with Crippen LogP contribution in [0.1, 0.15) is 56.8 Å². The maximum absolute atomic E-state index is 11.3. The van der Waals surface area contributed by atoms with Gasteiger partial charge in [0, 0.05) is 11.6 Å². The number of benzene rings is 1. The summed E-state index contributed by atoms with van der Waals surface area (Å²) in [6, 6.07) is 8.07. The molecule has 2 rings (SSSR count). The quantitative estimate of drug-likeness (QED) is 0.743. The zero-order valence-electron chi connectivity index (χ0n) is 13.5. The van der Waals surface area contributed by atoms with E-state index in [1.807, 2.05) is 24.3 Å². The minimum atomic E-state index is 0.0974. The van der Waals surface area contributed by atoms with Crippen LogP contribution in [0.15, 0.2) is 24.3 Å². The summed E-state index contributed by atoms with van der Waals surface area (Å²) >= 11 is 0. The number of ether oxygens (including phenoxy) is 1. The van der Waals surface area contributed by atoms with Crippen molar-refractivity contribution in [3.05, 3.63) is 29.8 Å². The summed E-state index contributed by atoms with van der Waals surface area (Å²) in [4.78, 5) is 13.8. The highest BCUT2D eigenvalue weighted by atomic mass is 16.5. The van der Waals surface area contributed by atoms with Gasteiger partial charge in [0.05, 0.1) is 0 Å². The van der Waals surface area contributed by atoms with Crippen LogP contribution < -0.4 is 4.74 Å². The molecule has 1 saturated carbocycles. The van der Waals surface area contributed by atoms with E-state index in [2.05, 4.69) is 18.7 Å². The van der Waals surface area contributed by atoms with E-state index < -0.39 is 0 Å². The molecule has 0 saturated heterocycles. The van der Waals surface area contributed by atoms with Crippen molar-refractivity contribution in [2.24, 2.45) is 0 Å². The number of carbonyl (C=O) groups is 1. The number of ketones is 1. The van der Waals surface area contributed by atoms with E-state index in [0.717, 1.165) is 30.8 Å². The van der Waals surface area contributed by atoms with Crippen molar-refractivity contribution < 1.29 is 9.53 Å². The van der Waals surface area contributed by atoms with Crippen molar-refractivity contribution in [1.82, 2.24) is 4.90 Å². The molecule has 0 spiro atoms. The first-order valence-corrected chi connectivity index (χ1v) is 8.17. The van der Waals surface area contributed by atoms with Crippen LogP contribution in [0.3, 0.4) is 0 Å². The third kappa shape index (κ3) is 4.07. The first kappa shape index (κ1) is 16.0. The predicted molar refractivity (Wildman–Crippen MR) is 86.0 cm³/mol. The molecule has 0 radical (unpaired) electrons. The molecule has 0 bridgehead atoms. The number of rotatable bonds is 6. The Morgan fingerprint density at radius 1 is 1.14 bits per heavy atom. The third-order valence-electron chi connectivity index (χ3n) is 4.50. The van der Waals surface area contributed by atoms with Crippen molar-refractivity contribution in [2.45, 2.75) is 58.6 Å². The van der Waals surface area contributed by atoms with Crippen LogP contribution in [0.4, 0.5) is 0 Å². The lowest BCUT2D eigenvalue weighted by molar-refractivity contribution is 0.0413. The molecule has 0 aliphatic heterocycles. The molecule has 116 valence electrons. The van der Waals surface area contributed by atoms with Crippen LogP contribution in [0.2, 0.25) is 0 Å². The Morgan fingerprint density at radius 3 is 2.33 bits per heavy atom. The molecular weight excluding hydrogens is 262 g/mol. The Hall–Kier alpha value is -1.35. The molecule has 0 amide bonds. The second-order valence-corrected chi connectivity index (χ2v) is 5.81. The first-order valence-electron chi connectivity index (χ1n) is 8.17. The van der Waals surface area contributed by atoms with Crippen LogP contribution in [0.25, 0.3) is 0 Å². The smallest absolute Gasteiger partial charge is 0.159 e. The normalized spacial score (nSPS) is 22.3. The maximum atomic E-state index is 11.3. The van der Waals surface area contributed by atoms with Crippen molar-refractivity contribution in [1.29, 1.82) is 0 Å².